The molecule has 4 heteroatoms. The average Bonchev–Trinajstić information content (AvgIpc) is 2.31. The molecule has 1 rings (SSSR count). The monoisotopic (exact) mass is 298 g/mol. The highest BCUT2D eigenvalue weighted by molar-refractivity contribution is 8.93. The number of anilines is 2. The summed E-state index contributed by atoms with van der Waals surface area (Å²) in [5, 5.41) is 6.01. The number of rotatable bonds is 6. The highest BCUT2D eigenvalue weighted by Gasteiger charge is 1.96. The predicted molar refractivity (Wildman–Crippen MR) is 79.0 cm³/mol. The van der Waals surface area contributed by atoms with Gasteiger partial charge in [0.25, 0.3) is 0 Å². The van der Waals surface area contributed by atoms with E-state index in [1.54, 1.807) is 0 Å². The summed E-state index contributed by atoms with van der Waals surface area (Å²) < 4.78 is 0. The summed E-state index contributed by atoms with van der Waals surface area (Å²) in [7, 11) is 0. The predicted octanol–water partition coefficient (Wildman–Crippen LogP) is 3.60. The maximum Gasteiger partial charge on any atom is 0.247 e. The highest BCUT2D eigenvalue weighted by atomic mass is 79.9. The van der Waals surface area contributed by atoms with Crippen LogP contribution in [0.3, 0.4) is 0 Å². The highest BCUT2D eigenvalue weighted by Crippen LogP contribution is 2.13. The van der Waals surface area contributed by atoms with Crippen molar-refractivity contribution in [2.24, 2.45) is 0 Å². The van der Waals surface area contributed by atoms with Crippen LogP contribution >= 0.6 is 17.0 Å². The first-order valence-corrected chi connectivity index (χ1v) is 5.53. The average molecular weight is 299 g/mol. The van der Waals surface area contributed by atoms with Gasteiger partial charge in [0.15, 0.2) is 0 Å². The third-order valence-electron chi connectivity index (χ3n) is 2.20. The molecule has 2 N–H and O–H groups in total. The summed E-state index contributed by atoms with van der Waals surface area (Å²) in [5.41, 5.74) is 1.86. The van der Waals surface area contributed by atoms with Crippen LogP contribution in [-0.4, -0.2) is 12.5 Å². The van der Waals surface area contributed by atoms with Gasteiger partial charge in [0.1, 0.15) is 0 Å². The second-order valence-electron chi connectivity index (χ2n) is 3.55. The molecule has 0 aromatic heterocycles. The van der Waals surface area contributed by atoms with Gasteiger partial charge < -0.3 is 10.6 Å². The molecule has 1 aromatic carbocycles. The van der Waals surface area contributed by atoms with Crippen LogP contribution < -0.4 is 10.6 Å². The molecular formula is C13H19BrN2O. The van der Waals surface area contributed by atoms with E-state index < -0.39 is 0 Å². The largest absolute Gasteiger partial charge is 0.385 e. The maximum absolute atomic E-state index is 11.0. The Morgan fingerprint density at radius 2 is 1.88 bits per heavy atom. The van der Waals surface area contributed by atoms with Gasteiger partial charge in [0.05, 0.1) is 0 Å². The Morgan fingerprint density at radius 1 is 1.29 bits per heavy atom. The standard InChI is InChI=1S/C13H18N2O.BrH/c1-3-5-10-14-11-6-8-12(9-7-11)15-13(16)4-2;/h4,6-9,14H,2-3,5,10H2,1H3,(H,15,16);1H. The number of amides is 1. The number of hydrogen-bond acceptors (Lipinski definition) is 2. The Balaban J connectivity index is 0.00000256. The van der Waals surface area contributed by atoms with Crippen molar-refractivity contribution in [3.63, 3.8) is 0 Å². The summed E-state index contributed by atoms with van der Waals surface area (Å²) in [6.07, 6.45) is 3.60. The lowest BCUT2D eigenvalue weighted by Gasteiger charge is -2.07. The lowest BCUT2D eigenvalue weighted by molar-refractivity contribution is -0.111. The minimum Gasteiger partial charge on any atom is -0.385 e. The lowest BCUT2D eigenvalue weighted by Crippen LogP contribution is -2.07. The molecule has 1 aromatic rings. The first kappa shape index (κ1) is 15.7. The van der Waals surface area contributed by atoms with E-state index in [1.165, 1.54) is 12.5 Å². The zero-order valence-electron chi connectivity index (χ0n) is 10.0. The number of nitrogens with one attached hydrogen (secondary N) is 2. The molecule has 3 nitrogen and oxygen atoms in total. The van der Waals surface area contributed by atoms with E-state index in [4.69, 9.17) is 0 Å². The minimum atomic E-state index is -0.188. The van der Waals surface area contributed by atoms with Gasteiger partial charge in [-0.05, 0) is 36.8 Å². The van der Waals surface area contributed by atoms with Crippen LogP contribution in [0.1, 0.15) is 19.8 Å². The van der Waals surface area contributed by atoms with Crippen molar-refractivity contribution in [3.05, 3.63) is 36.9 Å². The second-order valence-corrected chi connectivity index (χ2v) is 3.55. The number of carbonyl (C=O) groups excluding carboxylic acids is 1. The van der Waals surface area contributed by atoms with Crippen LogP contribution in [0, 0.1) is 0 Å². The summed E-state index contributed by atoms with van der Waals surface area (Å²) in [6, 6.07) is 7.65. The van der Waals surface area contributed by atoms with Crippen molar-refractivity contribution in [1.29, 1.82) is 0 Å². The Morgan fingerprint density at radius 3 is 2.41 bits per heavy atom. The smallest absolute Gasteiger partial charge is 0.247 e. The van der Waals surface area contributed by atoms with E-state index in [2.05, 4.69) is 24.1 Å². The molecule has 0 saturated heterocycles. The molecule has 17 heavy (non-hydrogen) atoms. The van der Waals surface area contributed by atoms with Crippen molar-refractivity contribution >= 4 is 34.3 Å². The van der Waals surface area contributed by atoms with Gasteiger partial charge in [-0.1, -0.05) is 19.9 Å². The third-order valence-corrected chi connectivity index (χ3v) is 2.20. The van der Waals surface area contributed by atoms with E-state index >= 15 is 0 Å². The van der Waals surface area contributed by atoms with Crippen molar-refractivity contribution < 1.29 is 4.79 Å². The molecule has 94 valence electrons. The first-order chi connectivity index (χ1) is 7.76. The van der Waals surface area contributed by atoms with Crippen molar-refractivity contribution in [1.82, 2.24) is 0 Å². The summed E-state index contributed by atoms with van der Waals surface area (Å²) in [6.45, 7) is 6.54. The first-order valence-electron chi connectivity index (χ1n) is 5.53. The van der Waals surface area contributed by atoms with Crippen molar-refractivity contribution in [2.45, 2.75) is 19.8 Å². The van der Waals surface area contributed by atoms with Crippen LogP contribution in [0.25, 0.3) is 0 Å². The Labute approximate surface area is 113 Å². The molecule has 0 saturated carbocycles. The van der Waals surface area contributed by atoms with Crippen LogP contribution in [0.2, 0.25) is 0 Å². The van der Waals surface area contributed by atoms with E-state index in [9.17, 15) is 4.79 Å². The number of carbonyl (C=O) groups is 1. The van der Waals surface area contributed by atoms with Crippen LogP contribution in [0.15, 0.2) is 36.9 Å². The third kappa shape index (κ3) is 6.12. The number of unbranched alkanes of at least 4 members (excludes halogenated alkanes) is 1. The fourth-order valence-electron chi connectivity index (χ4n) is 1.27. The molecule has 0 aliphatic carbocycles. The number of halogens is 1. The van der Waals surface area contributed by atoms with Crippen molar-refractivity contribution in [3.8, 4) is 0 Å². The van der Waals surface area contributed by atoms with Gasteiger partial charge >= 0.3 is 0 Å². The van der Waals surface area contributed by atoms with Crippen LogP contribution in [0.4, 0.5) is 11.4 Å². The number of benzene rings is 1. The molecule has 0 bridgehead atoms. The molecule has 0 aliphatic heterocycles. The molecule has 0 radical (unpaired) electrons. The Hall–Kier alpha value is -1.29. The molecule has 0 atom stereocenters. The lowest BCUT2D eigenvalue weighted by atomic mass is 10.2. The zero-order chi connectivity index (χ0) is 11.8. The second kappa shape index (κ2) is 8.82. The summed E-state index contributed by atoms with van der Waals surface area (Å²) >= 11 is 0. The van der Waals surface area contributed by atoms with E-state index in [0.717, 1.165) is 24.3 Å². The molecule has 1 amide bonds. The SMILES string of the molecule is Br.C=CC(=O)Nc1ccc(NCCCC)cc1. The van der Waals surface area contributed by atoms with Crippen molar-refractivity contribution in [2.75, 3.05) is 17.2 Å². The Bertz CT molecular complexity index is 349. The van der Waals surface area contributed by atoms with Gasteiger partial charge in [-0.2, -0.15) is 0 Å². The fourth-order valence-corrected chi connectivity index (χ4v) is 1.27. The van der Waals surface area contributed by atoms with Gasteiger partial charge in [0, 0.05) is 17.9 Å². The zero-order valence-corrected chi connectivity index (χ0v) is 11.7. The molecule has 0 unspecified atom stereocenters. The van der Waals surface area contributed by atoms with Gasteiger partial charge in [-0.3, -0.25) is 4.79 Å². The summed E-state index contributed by atoms with van der Waals surface area (Å²) in [4.78, 5) is 11.0. The number of hydrogen-bond donors (Lipinski definition) is 2. The molecule has 0 heterocycles. The molecular weight excluding hydrogens is 280 g/mol. The Kier molecular flexibility index (Phi) is 8.15. The minimum absolute atomic E-state index is 0. The molecule has 0 aliphatic rings. The summed E-state index contributed by atoms with van der Waals surface area (Å²) in [5.74, 6) is -0.188. The van der Waals surface area contributed by atoms with Gasteiger partial charge in [0.2, 0.25) is 5.91 Å². The van der Waals surface area contributed by atoms with Gasteiger partial charge in [-0.15, -0.1) is 17.0 Å². The molecule has 0 fully saturated rings. The molecule has 0 spiro atoms. The van der Waals surface area contributed by atoms with E-state index in [-0.39, 0.29) is 22.9 Å². The normalized spacial score (nSPS) is 9.00. The van der Waals surface area contributed by atoms with Gasteiger partial charge in [-0.25, -0.2) is 0 Å². The van der Waals surface area contributed by atoms with E-state index in [0.29, 0.717) is 0 Å². The fraction of sp³-hybridized carbons (Fsp3) is 0.308. The topological polar surface area (TPSA) is 41.1 Å². The van der Waals surface area contributed by atoms with E-state index in [1.807, 2.05) is 24.3 Å². The maximum atomic E-state index is 11.0. The van der Waals surface area contributed by atoms with Crippen LogP contribution in [-0.2, 0) is 4.79 Å². The quantitative estimate of drug-likeness (QED) is 0.622. The van der Waals surface area contributed by atoms with Crippen LogP contribution in [0.5, 0.6) is 0 Å².